The number of nitrogens with one attached hydrogen (secondary N) is 2. The van der Waals surface area contributed by atoms with E-state index in [2.05, 4.69) is 57.7 Å². The number of fused-ring (bicyclic) bond motifs is 1. The zero-order valence-electron chi connectivity index (χ0n) is 15.0. The third-order valence-corrected chi connectivity index (χ3v) is 4.79. The molecule has 1 amide bonds. The number of H-pyrrole nitrogens is 1. The second kappa shape index (κ2) is 6.77. The summed E-state index contributed by atoms with van der Waals surface area (Å²) < 4.78 is 0. The fourth-order valence-electron chi connectivity index (χ4n) is 3.64. The van der Waals surface area contributed by atoms with E-state index < -0.39 is 0 Å². The molecule has 0 atom stereocenters. The lowest BCUT2D eigenvalue weighted by atomic mass is 10.00. The predicted octanol–water partition coefficient (Wildman–Crippen LogP) is 3.86. The van der Waals surface area contributed by atoms with E-state index in [1.807, 2.05) is 18.2 Å². The maximum Gasteiger partial charge on any atom is 0.221 e. The number of carbonyl (C=O) groups is 1. The highest BCUT2D eigenvalue weighted by Crippen LogP contribution is 2.37. The standard InChI is InChI=1S/C21H22N4O/c1-14-7-6-10-18(22-15(2)26)20(14)21-17-12-25(13-19(17)23-24-21)11-16-8-4-3-5-9-16/h3-10H,11-13H2,1-2H3,(H,22,26)(H,23,24). The van der Waals surface area contributed by atoms with Gasteiger partial charge >= 0.3 is 0 Å². The van der Waals surface area contributed by atoms with Crippen molar-refractivity contribution in [2.24, 2.45) is 0 Å². The van der Waals surface area contributed by atoms with Crippen LogP contribution in [-0.4, -0.2) is 21.0 Å². The number of aromatic nitrogens is 2. The van der Waals surface area contributed by atoms with Gasteiger partial charge in [-0.3, -0.25) is 14.8 Å². The van der Waals surface area contributed by atoms with E-state index in [0.717, 1.165) is 47.8 Å². The van der Waals surface area contributed by atoms with Gasteiger partial charge in [-0.15, -0.1) is 0 Å². The third-order valence-electron chi connectivity index (χ3n) is 4.79. The van der Waals surface area contributed by atoms with E-state index in [4.69, 9.17) is 0 Å². The minimum Gasteiger partial charge on any atom is -0.326 e. The van der Waals surface area contributed by atoms with Crippen LogP contribution in [0.1, 0.15) is 29.3 Å². The van der Waals surface area contributed by atoms with Gasteiger partial charge in [-0.1, -0.05) is 42.5 Å². The van der Waals surface area contributed by atoms with E-state index in [9.17, 15) is 4.79 Å². The minimum absolute atomic E-state index is 0.0743. The summed E-state index contributed by atoms with van der Waals surface area (Å²) in [4.78, 5) is 14.0. The molecule has 5 nitrogen and oxygen atoms in total. The molecular formula is C21H22N4O. The molecular weight excluding hydrogens is 324 g/mol. The molecule has 0 aliphatic carbocycles. The largest absolute Gasteiger partial charge is 0.326 e. The Balaban J connectivity index is 1.64. The van der Waals surface area contributed by atoms with Crippen molar-refractivity contribution < 1.29 is 4.79 Å². The van der Waals surface area contributed by atoms with Crippen LogP contribution in [0.3, 0.4) is 0 Å². The SMILES string of the molecule is CC(=O)Nc1cccc(C)c1-c1n[nH]c2c1CN(Cc1ccccc1)C2. The summed E-state index contributed by atoms with van der Waals surface area (Å²) in [5.41, 5.74) is 7.55. The summed E-state index contributed by atoms with van der Waals surface area (Å²) in [6, 6.07) is 16.4. The lowest BCUT2D eigenvalue weighted by Crippen LogP contribution is -2.16. The average Bonchev–Trinajstić information content (AvgIpc) is 3.16. The first-order valence-electron chi connectivity index (χ1n) is 8.82. The van der Waals surface area contributed by atoms with Crippen LogP contribution in [0.2, 0.25) is 0 Å². The number of rotatable bonds is 4. The Kier molecular flexibility index (Phi) is 4.31. The van der Waals surface area contributed by atoms with Gasteiger partial charge in [-0.2, -0.15) is 5.10 Å². The van der Waals surface area contributed by atoms with Crippen molar-refractivity contribution >= 4 is 11.6 Å². The van der Waals surface area contributed by atoms with E-state index in [-0.39, 0.29) is 5.91 Å². The van der Waals surface area contributed by atoms with Crippen LogP contribution in [0.5, 0.6) is 0 Å². The number of aryl methyl sites for hydroxylation is 1. The first-order valence-corrected chi connectivity index (χ1v) is 8.82. The minimum atomic E-state index is -0.0743. The average molecular weight is 346 g/mol. The van der Waals surface area contributed by atoms with E-state index >= 15 is 0 Å². The number of benzene rings is 2. The maximum absolute atomic E-state index is 11.6. The number of anilines is 1. The van der Waals surface area contributed by atoms with Crippen molar-refractivity contribution in [2.45, 2.75) is 33.5 Å². The van der Waals surface area contributed by atoms with Crippen molar-refractivity contribution in [1.82, 2.24) is 15.1 Å². The Bertz CT molecular complexity index is 946. The highest BCUT2D eigenvalue weighted by Gasteiger charge is 2.27. The highest BCUT2D eigenvalue weighted by molar-refractivity contribution is 5.94. The van der Waals surface area contributed by atoms with Gasteiger partial charge in [0.1, 0.15) is 0 Å². The molecule has 0 spiro atoms. The first-order chi connectivity index (χ1) is 12.6. The molecule has 0 saturated heterocycles. The van der Waals surface area contributed by atoms with Crippen molar-refractivity contribution in [3.05, 3.63) is 70.9 Å². The smallest absolute Gasteiger partial charge is 0.221 e. The predicted molar refractivity (Wildman–Crippen MR) is 102 cm³/mol. The molecule has 1 aromatic heterocycles. The molecule has 2 aromatic carbocycles. The number of aromatic amines is 1. The van der Waals surface area contributed by atoms with Gasteiger partial charge in [0, 0.05) is 37.7 Å². The maximum atomic E-state index is 11.6. The Morgan fingerprint density at radius 3 is 2.73 bits per heavy atom. The van der Waals surface area contributed by atoms with Gasteiger partial charge in [0.2, 0.25) is 5.91 Å². The monoisotopic (exact) mass is 346 g/mol. The number of amides is 1. The second-order valence-electron chi connectivity index (χ2n) is 6.84. The van der Waals surface area contributed by atoms with Crippen LogP contribution in [0, 0.1) is 6.92 Å². The fourth-order valence-corrected chi connectivity index (χ4v) is 3.64. The summed E-state index contributed by atoms with van der Waals surface area (Å²) in [5, 5.41) is 10.7. The Labute approximate surface area is 153 Å². The molecule has 0 saturated carbocycles. The number of hydrogen-bond acceptors (Lipinski definition) is 3. The molecule has 0 fully saturated rings. The Hall–Kier alpha value is -2.92. The molecule has 5 heteroatoms. The normalized spacial score (nSPS) is 13.6. The number of carbonyl (C=O) groups excluding carboxylic acids is 1. The molecule has 2 heterocycles. The number of hydrogen-bond donors (Lipinski definition) is 2. The van der Waals surface area contributed by atoms with Gasteiger partial charge in [0.15, 0.2) is 0 Å². The molecule has 1 aliphatic heterocycles. The summed E-state index contributed by atoms with van der Waals surface area (Å²) in [6.07, 6.45) is 0. The van der Waals surface area contributed by atoms with E-state index in [1.54, 1.807) is 0 Å². The Morgan fingerprint density at radius 2 is 1.96 bits per heavy atom. The van der Waals surface area contributed by atoms with E-state index in [1.165, 1.54) is 18.1 Å². The molecule has 1 aliphatic rings. The summed E-state index contributed by atoms with van der Waals surface area (Å²) in [5.74, 6) is -0.0743. The van der Waals surface area contributed by atoms with Crippen LogP contribution in [0.15, 0.2) is 48.5 Å². The van der Waals surface area contributed by atoms with Gasteiger partial charge in [-0.05, 0) is 24.1 Å². The highest BCUT2D eigenvalue weighted by atomic mass is 16.1. The number of nitrogens with zero attached hydrogens (tertiary/aromatic N) is 2. The zero-order chi connectivity index (χ0) is 18.1. The first kappa shape index (κ1) is 16.5. The van der Waals surface area contributed by atoms with Gasteiger partial charge in [-0.25, -0.2) is 0 Å². The lowest BCUT2D eigenvalue weighted by molar-refractivity contribution is -0.114. The molecule has 0 unspecified atom stereocenters. The second-order valence-corrected chi connectivity index (χ2v) is 6.84. The quantitative estimate of drug-likeness (QED) is 0.754. The van der Waals surface area contributed by atoms with Gasteiger partial charge in [0.25, 0.3) is 0 Å². The van der Waals surface area contributed by atoms with Crippen molar-refractivity contribution in [1.29, 1.82) is 0 Å². The van der Waals surface area contributed by atoms with E-state index in [0.29, 0.717) is 0 Å². The summed E-state index contributed by atoms with van der Waals surface area (Å²) >= 11 is 0. The topological polar surface area (TPSA) is 61.0 Å². The van der Waals surface area contributed by atoms with Crippen LogP contribution >= 0.6 is 0 Å². The van der Waals surface area contributed by atoms with Crippen molar-refractivity contribution in [3.8, 4) is 11.3 Å². The molecule has 0 bridgehead atoms. The summed E-state index contributed by atoms with van der Waals surface area (Å²) in [7, 11) is 0. The molecule has 26 heavy (non-hydrogen) atoms. The Morgan fingerprint density at radius 1 is 1.15 bits per heavy atom. The van der Waals surface area contributed by atoms with Crippen LogP contribution in [-0.2, 0) is 24.4 Å². The molecule has 132 valence electrons. The van der Waals surface area contributed by atoms with Crippen LogP contribution in [0.25, 0.3) is 11.3 Å². The molecule has 0 radical (unpaired) electrons. The molecule has 4 rings (SSSR count). The van der Waals surface area contributed by atoms with Crippen molar-refractivity contribution in [3.63, 3.8) is 0 Å². The van der Waals surface area contributed by atoms with Gasteiger partial charge in [0.05, 0.1) is 17.1 Å². The third kappa shape index (κ3) is 3.13. The molecule has 2 N–H and O–H groups in total. The van der Waals surface area contributed by atoms with Crippen molar-refractivity contribution in [2.75, 3.05) is 5.32 Å². The summed E-state index contributed by atoms with van der Waals surface area (Å²) in [6.45, 7) is 6.21. The zero-order valence-corrected chi connectivity index (χ0v) is 15.0. The van der Waals surface area contributed by atoms with Gasteiger partial charge < -0.3 is 5.32 Å². The van der Waals surface area contributed by atoms with Crippen LogP contribution < -0.4 is 5.32 Å². The lowest BCUT2D eigenvalue weighted by Gasteiger charge is -2.16. The molecule has 3 aromatic rings. The van der Waals surface area contributed by atoms with Crippen LogP contribution in [0.4, 0.5) is 5.69 Å². The fraction of sp³-hybridized carbons (Fsp3) is 0.238.